The Morgan fingerprint density at radius 3 is 2.57 bits per heavy atom. The van der Waals surface area contributed by atoms with E-state index in [1.165, 1.54) is 41.5 Å². The van der Waals surface area contributed by atoms with Crippen molar-refractivity contribution in [1.29, 1.82) is 0 Å². The van der Waals surface area contributed by atoms with Crippen LogP contribution < -0.4 is 10.9 Å². The van der Waals surface area contributed by atoms with E-state index >= 15 is 0 Å². The molecule has 0 bridgehead atoms. The topological polar surface area (TPSA) is 64.0 Å². The van der Waals surface area contributed by atoms with Crippen LogP contribution in [0.3, 0.4) is 0 Å². The number of benzene rings is 1. The Kier molecular flexibility index (Phi) is 5.86. The Bertz CT molecular complexity index is 1000. The van der Waals surface area contributed by atoms with Gasteiger partial charge in [0.25, 0.3) is 5.56 Å². The fourth-order valence-corrected chi connectivity index (χ4v) is 4.90. The summed E-state index contributed by atoms with van der Waals surface area (Å²) in [7, 11) is 0. The molecular weight excluding hydrogens is 370 g/mol. The molecule has 6 heteroatoms. The zero-order valence-electron chi connectivity index (χ0n) is 15.9. The molecule has 1 aliphatic carbocycles. The van der Waals surface area contributed by atoms with E-state index in [0.717, 1.165) is 36.1 Å². The molecule has 146 valence electrons. The maximum absolute atomic E-state index is 12.9. The predicted octanol–water partition coefficient (Wildman–Crippen LogP) is 4.35. The van der Waals surface area contributed by atoms with Crippen LogP contribution in [0.5, 0.6) is 0 Å². The fourth-order valence-electron chi connectivity index (χ4n) is 3.83. The van der Waals surface area contributed by atoms with Crippen molar-refractivity contribution in [3.8, 4) is 10.4 Å². The molecule has 0 radical (unpaired) electrons. The highest BCUT2D eigenvalue weighted by Crippen LogP contribution is 2.30. The Hall–Kier alpha value is -2.47. The van der Waals surface area contributed by atoms with Crippen molar-refractivity contribution in [1.82, 2.24) is 14.9 Å². The lowest BCUT2D eigenvalue weighted by molar-refractivity contribution is -0.122. The number of rotatable bonds is 4. The van der Waals surface area contributed by atoms with Crippen LogP contribution in [0.15, 0.2) is 47.5 Å². The second-order valence-corrected chi connectivity index (χ2v) is 8.53. The molecule has 0 aliphatic heterocycles. The molecule has 2 heterocycles. The second kappa shape index (κ2) is 8.69. The minimum absolute atomic E-state index is 0.0246. The summed E-state index contributed by atoms with van der Waals surface area (Å²) in [5.74, 6) is -0.103. The van der Waals surface area contributed by atoms with E-state index in [-0.39, 0.29) is 24.1 Å². The van der Waals surface area contributed by atoms with Gasteiger partial charge in [-0.05, 0) is 24.5 Å². The molecule has 0 atom stereocenters. The largest absolute Gasteiger partial charge is 0.352 e. The normalized spacial score (nSPS) is 15.9. The number of nitrogens with one attached hydrogen (secondary N) is 1. The van der Waals surface area contributed by atoms with Crippen molar-refractivity contribution < 1.29 is 4.79 Å². The number of nitrogens with zero attached hydrogens (tertiary/aromatic N) is 2. The van der Waals surface area contributed by atoms with E-state index in [1.54, 1.807) is 0 Å². The molecular formula is C22H25N3O2S. The molecule has 1 saturated carbocycles. The average molecular weight is 396 g/mol. The van der Waals surface area contributed by atoms with Gasteiger partial charge in [-0.15, -0.1) is 11.3 Å². The number of fused-ring (bicyclic) bond motifs is 1. The van der Waals surface area contributed by atoms with E-state index in [4.69, 9.17) is 0 Å². The van der Waals surface area contributed by atoms with E-state index in [0.29, 0.717) is 10.2 Å². The van der Waals surface area contributed by atoms with Crippen LogP contribution in [-0.2, 0) is 11.3 Å². The maximum Gasteiger partial charge on any atom is 0.271 e. The maximum atomic E-state index is 12.9. The van der Waals surface area contributed by atoms with Gasteiger partial charge in [0.05, 0.1) is 11.8 Å². The van der Waals surface area contributed by atoms with Crippen molar-refractivity contribution in [2.45, 2.75) is 57.5 Å². The summed E-state index contributed by atoms with van der Waals surface area (Å²) in [6, 6.07) is 12.1. The molecule has 1 aliphatic rings. The van der Waals surface area contributed by atoms with Gasteiger partial charge in [0.15, 0.2) is 0 Å². The van der Waals surface area contributed by atoms with Gasteiger partial charge >= 0.3 is 0 Å². The van der Waals surface area contributed by atoms with Gasteiger partial charge in [-0.3, -0.25) is 14.2 Å². The smallest absolute Gasteiger partial charge is 0.271 e. The molecule has 0 saturated heterocycles. The van der Waals surface area contributed by atoms with E-state index in [2.05, 4.69) is 10.3 Å². The molecule has 28 heavy (non-hydrogen) atoms. The van der Waals surface area contributed by atoms with Crippen molar-refractivity contribution in [3.05, 3.63) is 53.1 Å². The molecule has 3 aromatic rings. The van der Waals surface area contributed by atoms with Crippen LogP contribution in [-0.4, -0.2) is 21.5 Å². The Morgan fingerprint density at radius 2 is 1.82 bits per heavy atom. The molecule has 0 unspecified atom stereocenters. The second-order valence-electron chi connectivity index (χ2n) is 7.48. The predicted molar refractivity (Wildman–Crippen MR) is 114 cm³/mol. The quantitative estimate of drug-likeness (QED) is 0.714. The van der Waals surface area contributed by atoms with Gasteiger partial charge in [-0.1, -0.05) is 62.4 Å². The van der Waals surface area contributed by atoms with Crippen molar-refractivity contribution >= 4 is 27.5 Å². The number of carbonyl (C=O) groups is 1. The van der Waals surface area contributed by atoms with Crippen LogP contribution >= 0.6 is 11.3 Å². The van der Waals surface area contributed by atoms with Gasteiger partial charge < -0.3 is 5.32 Å². The highest BCUT2D eigenvalue weighted by atomic mass is 32.1. The molecule has 0 spiro atoms. The van der Waals surface area contributed by atoms with Gasteiger partial charge in [-0.2, -0.15) is 0 Å². The van der Waals surface area contributed by atoms with Crippen LogP contribution in [0.25, 0.3) is 20.7 Å². The number of thiophene rings is 1. The molecule has 4 rings (SSSR count). The van der Waals surface area contributed by atoms with Gasteiger partial charge in [-0.25, -0.2) is 4.98 Å². The number of hydrogen-bond donors (Lipinski definition) is 1. The minimum Gasteiger partial charge on any atom is -0.352 e. The Morgan fingerprint density at radius 1 is 1.11 bits per heavy atom. The van der Waals surface area contributed by atoms with Crippen molar-refractivity contribution in [3.63, 3.8) is 0 Å². The first kappa shape index (κ1) is 18.9. The summed E-state index contributed by atoms with van der Waals surface area (Å²) in [6.45, 7) is 0.0246. The fraction of sp³-hybridized carbons (Fsp3) is 0.409. The van der Waals surface area contributed by atoms with E-state index < -0.39 is 0 Å². The Balaban J connectivity index is 1.50. The van der Waals surface area contributed by atoms with Gasteiger partial charge in [0.1, 0.15) is 11.2 Å². The zero-order valence-corrected chi connectivity index (χ0v) is 16.7. The minimum atomic E-state index is -0.148. The first-order chi connectivity index (χ1) is 13.7. The van der Waals surface area contributed by atoms with Crippen LogP contribution in [0, 0.1) is 0 Å². The lowest BCUT2D eigenvalue weighted by Crippen LogP contribution is -2.39. The summed E-state index contributed by atoms with van der Waals surface area (Å²) in [4.78, 5) is 30.8. The SMILES string of the molecule is O=C(Cn1cnc2cc(-c3ccccc3)sc2c1=O)NC1CCCCCCC1. The van der Waals surface area contributed by atoms with E-state index in [9.17, 15) is 9.59 Å². The number of amides is 1. The van der Waals surface area contributed by atoms with Crippen molar-refractivity contribution in [2.75, 3.05) is 0 Å². The molecule has 2 aromatic heterocycles. The molecule has 1 fully saturated rings. The van der Waals surface area contributed by atoms with E-state index in [1.807, 2.05) is 36.4 Å². The Labute approximate surface area is 168 Å². The average Bonchev–Trinajstić information content (AvgIpc) is 3.12. The lowest BCUT2D eigenvalue weighted by atomic mass is 9.97. The third-order valence-corrected chi connectivity index (χ3v) is 6.51. The van der Waals surface area contributed by atoms with Crippen LogP contribution in [0.1, 0.15) is 44.9 Å². The summed E-state index contributed by atoms with van der Waals surface area (Å²) >= 11 is 1.43. The first-order valence-corrected chi connectivity index (χ1v) is 10.9. The van der Waals surface area contributed by atoms with Crippen molar-refractivity contribution in [2.24, 2.45) is 0 Å². The summed E-state index contributed by atoms with van der Waals surface area (Å²) in [5, 5.41) is 3.12. The lowest BCUT2D eigenvalue weighted by Gasteiger charge is -2.21. The molecule has 5 nitrogen and oxygen atoms in total. The summed E-state index contributed by atoms with van der Waals surface area (Å²) < 4.78 is 2.02. The van der Waals surface area contributed by atoms with Crippen LogP contribution in [0.4, 0.5) is 0 Å². The van der Waals surface area contributed by atoms with Gasteiger partial charge in [0.2, 0.25) is 5.91 Å². The molecule has 1 amide bonds. The summed E-state index contributed by atoms with van der Waals surface area (Å²) in [6.07, 6.45) is 9.67. The summed E-state index contributed by atoms with van der Waals surface area (Å²) in [5.41, 5.74) is 1.61. The highest BCUT2D eigenvalue weighted by Gasteiger charge is 2.16. The van der Waals surface area contributed by atoms with Gasteiger partial charge in [0, 0.05) is 10.9 Å². The zero-order chi connectivity index (χ0) is 19.3. The number of hydrogen-bond acceptors (Lipinski definition) is 4. The first-order valence-electron chi connectivity index (χ1n) is 10.0. The third kappa shape index (κ3) is 4.33. The monoisotopic (exact) mass is 395 g/mol. The number of carbonyl (C=O) groups excluding carboxylic acids is 1. The highest BCUT2D eigenvalue weighted by molar-refractivity contribution is 7.22. The van der Waals surface area contributed by atoms with Crippen LogP contribution in [0.2, 0.25) is 0 Å². The third-order valence-electron chi connectivity index (χ3n) is 5.35. The standard InChI is InChI=1S/C22H25N3O2S/c26-20(24-17-11-7-2-1-3-8-12-17)14-25-15-23-18-13-19(28-21(18)22(25)27)16-9-5-4-6-10-16/h4-6,9-10,13,15,17H,1-3,7-8,11-12,14H2,(H,24,26). The number of aromatic nitrogens is 2. The molecule has 1 N–H and O–H groups in total. The molecule has 1 aromatic carbocycles.